The van der Waals surface area contributed by atoms with E-state index in [1.165, 1.54) is 43.3 Å². The Kier molecular flexibility index (Phi) is 6.18. The number of nitrogens with two attached hydrogens (primary N) is 1. The van der Waals surface area contributed by atoms with Crippen LogP contribution in [-0.2, 0) is 16.4 Å². The van der Waals surface area contributed by atoms with E-state index in [0.717, 1.165) is 17.3 Å². The topological polar surface area (TPSA) is 126 Å². The van der Waals surface area contributed by atoms with Crippen LogP contribution in [0.2, 0.25) is 0 Å². The molecule has 2 aromatic heterocycles. The van der Waals surface area contributed by atoms with E-state index in [4.69, 9.17) is 5.73 Å². The van der Waals surface area contributed by atoms with E-state index < -0.39 is 27.5 Å². The smallest absolute Gasteiger partial charge is 0.270 e. The highest BCUT2D eigenvalue weighted by Gasteiger charge is 2.33. The molecule has 3 aromatic rings. The SMILES string of the molecule is Cc1cc(C)cc(S(=O)(=O)c2c(C(N)=O)[nH]c(C(=O)N(C)Cc3ccncc3F)c2C)c1. The van der Waals surface area contributed by atoms with Gasteiger partial charge in [-0.15, -0.1) is 0 Å². The van der Waals surface area contributed by atoms with Crippen LogP contribution in [0.4, 0.5) is 4.39 Å². The summed E-state index contributed by atoms with van der Waals surface area (Å²) >= 11 is 0. The predicted octanol–water partition coefficient (Wildman–Crippen LogP) is 2.68. The van der Waals surface area contributed by atoms with Crippen molar-refractivity contribution in [2.45, 2.75) is 37.1 Å². The molecule has 0 saturated heterocycles. The van der Waals surface area contributed by atoms with Crippen molar-refractivity contribution in [2.75, 3.05) is 7.05 Å². The second kappa shape index (κ2) is 8.54. The van der Waals surface area contributed by atoms with Crippen molar-refractivity contribution < 1.29 is 22.4 Å². The third kappa shape index (κ3) is 4.26. The molecule has 168 valence electrons. The highest BCUT2D eigenvalue weighted by Crippen LogP contribution is 2.31. The zero-order chi connectivity index (χ0) is 23.8. The second-order valence-corrected chi connectivity index (χ2v) is 9.54. The van der Waals surface area contributed by atoms with Crippen LogP contribution in [0.25, 0.3) is 0 Å². The summed E-state index contributed by atoms with van der Waals surface area (Å²) < 4.78 is 40.8. The van der Waals surface area contributed by atoms with Gasteiger partial charge in [-0.05, 0) is 55.7 Å². The summed E-state index contributed by atoms with van der Waals surface area (Å²) in [5.74, 6) is -2.22. The molecule has 2 heterocycles. The molecule has 0 aliphatic rings. The van der Waals surface area contributed by atoms with Crippen LogP contribution in [-0.4, -0.2) is 42.1 Å². The Balaban J connectivity index is 2.09. The molecule has 0 aliphatic heterocycles. The molecule has 3 rings (SSSR count). The molecule has 0 unspecified atom stereocenters. The van der Waals surface area contributed by atoms with E-state index >= 15 is 0 Å². The molecule has 0 spiro atoms. The zero-order valence-electron chi connectivity index (χ0n) is 18.1. The molecule has 1 aromatic carbocycles. The Bertz CT molecular complexity index is 1310. The fourth-order valence-corrected chi connectivity index (χ4v) is 5.40. The summed E-state index contributed by atoms with van der Waals surface area (Å²) in [4.78, 5) is 32.2. The Hall–Kier alpha value is -3.53. The molecular weight excluding hydrogens is 435 g/mol. The normalized spacial score (nSPS) is 11.4. The van der Waals surface area contributed by atoms with Crippen molar-refractivity contribution in [1.29, 1.82) is 0 Å². The van der Waals surface area contributed by atoms with E-state index in [-0.39, 0.29) is 38.9 Å². The first-order valence-electron chi connectivity index (χ1n) is 9.63. The number of carbonyl (C=O) groups is 2. The zero-order valence-corrected chi connectivity index (χ0v) is 18.9. The Morgan fingerprint density at radius 1 is 1.12 bits per heavy atom. The number of hydrogen-bond donors (Lipinski definition) is 2. The molecule has 3 N–H and O–H groups in total. The van der Waals surface area contributed by atoms with Crippen LogP contribution >= 0.6 is 0 Å². The molecule has 32 heavy (non-hydrogen) atoms. The number of nitrogens with one attached hydrogen (secondary N) is 1. The molecule has 0 saturated carbocycles. The molecule has 2 amide bonds. The van der Waals surface area contributed by atoms with Crippen LogP contribution in [0, 0.1) is 26.6 Å². The van der Waals surface area contributed by atoms with Crippen LogP contribution < -0.4 is 5.73 Å². The molecule has 0 fully saturated rings. The lowest BCUT2D eigenvalue weighted by atomic mass is 10.2. The van der Waals surface area contributed by atoms with Gasteiger partial charge in [-0.2, -0.15) is 0 Å². The van der Waals surface area contributed by atoms with Gasteiger partial charge in [0, 0.05) is 25.4 Å². The van der Waals surface area contributed by atoms with Gasteiger partial charge >= 0.3 is 0 Å². The third-order valence-electron chi connectivity index (χ3n) is 5.04. The molecule has 0 atom stereocenters. The third-order valence-corrected chi connectivity index (χ3v) is 6.94. The van der Waals surface area contributed by atoms with Gasteiger partial charge in [-0.25, -0.2) is 12.8 Å². The van der Waals surface area contributed by atoms with E-state index in [2.05, 4.69) is 9.97 Å². The first-order valence-corrected chi connectivity index (χ1v) is 11.1. The predicted molar refractivity (Wildman–Crippen MR) is 115 cm³/mol. The summed E-state index contributed by atoms with van der Waals surface area (Å²) in [7, 11) is -2.73. The number of nitrogens with zero attached hydrogens (tertiary/aromatic N) is 2. The van der Waals surface area contributed by atoms with Gasteiger partial charge in [0.15, 0.2) is 0 Å². The number of aryl methyl sites for hydroxylation is 2. The van der Waals surface area contributed by atoms with Crippen molar-refractivity contribution in [1.82, 2.24) is 14.9 Å². The fourth-order valence-electron chi connectivity index (χ4n) is 3.56. The van der Waals surface area contributed by atoms with Gasteiger partial charge in [-0.3, -0.25) is 14.6 Å². The quantitative estimate of drug-likeness (QED) is 0.587. The standard InChI is InChI=1S/C22H23FN4O4S/c1-12-7-13(2)9-16(8-12)32(30,31)20-14(3)18(26-19(20)21(24)28)22(29)27(4)11-15-5-6-25-10-17(15)23/h5-10,26H,11H2,1-4H3,(H2,24,28). The number of benzene rings is 1. The van der Waals surface area contributed by atoms with Crippen LogP contribution in [0.3, 0.4) is 0 Å². The second-order valence-electron chi connectivity index (χ2n) is 7.65. The van der Waals surface area contributed by atoms with E-state index in [9.17, 15) is 22.4 Å². The maximum atomic E-state index is 13.9. The molecule has 0 bridgehead atoms. The largest absolute Gasteiger partial charge is 0.364 e. The summed E-state index contributed by atoms with van der Waals surface area (Å²) in [6, 6.07) is 6.23. The van der Waals surface area contributed by atoms with Crippen LogP contribution in [0.15, 0.2) is 46.5 Å². The highest BCUT2D eigenvalue weighted by atomic mass is 32.2. The van der Waals surface area contributed by atoms with Gasteiger partial charge in [0.2, 0.25) is 9.84 Å². The van der Waals surface area contributed by atoms with E-state index in [1.807, 2.05) is 6.07 Å². The lowest BCUT2D eigenvalue weighted by Gasteiger charge is -2.17. The Labute approximate surface area is 185 Å². The number of primary amides is 1. The fraction of sp³-hybridized carbons (Fsp3) is 0.227. The minimum absolute atomic E-state index is 0.00851. The first kappa shape index (κ1) is 23.1. The average molecular weight is 459 g/mol. The van der Waals surface area contributed by atoms with Crippen molar-refractivity contribution in [3.05, 3.63) is 76.1 Å². The lowest BCUT2D eigenvalue weighted by Crippen LogP contribution is -2.27. The lowest BCUT2D eigenvalue weighted by molar-refractivity contribution is 0.0778. The van der Waals surface area contributed by atoms with Crippen LogP contribution in [0.1, 0.15) is 43.2 Å². The molecule has 0 radical (unpaired) electrons. The van der Waals surface area contributed by atoms with Gasteiger partial charge in [0.05, 0.1) is 11.1 Å². The summed E-state index contributed by atoms with van der Waals surface area (Å²) in [6.07, 6.45) is 2.43. The highest BCUT2D eigenvalue weighted by molar-refractivity contribution is 7.91. The molecule has 10 heteroatoms. The van der Waals surface area contributed by atoms with Gasteiger partial charge in [0.25, 0.3) is 11.8 Å². The summed E-state index contributed by atoms with van der Waals surface area (Å²) in [5.41, 5.74) is 6.70. The van der Waals surface area contributed by atoms with Gasteiger partial charge in [0.1, 0.15) is 22.1 Å². The monoisotopic (exact) mass is 458 g/mol. The minimum atomic E-state index is -4.17. The van der Waals surface area contributed by atoms with Crippen molar-refractivity contribution in [3.63, 3.8) is 0 Å². The van der Waals surface area contributed by atoms with E-state index in [0.29, 0.717) is 0 Å². The van der Waals surface area contributed by atoms with Crippen molar-refractivity contribution in [2.24, 2.45) is 5.73 Å². The number of aromatic amines is 1. The number of H-pyrrole nitrogens is 1. The van der Waals surface area contributed by atoms with Crippen LogP contribution in [0.5, 0.6) is 0 Å². The Morgan fingerprint density at radius 3 is 2.31 bits per heavy atom. The number of halogens is 1. The summed E-state index contributed by atoms with van der Waals surface area (Å²) in [5, 5.41) is 0. The maximum absolute atomic E-state index is 13.9. The number of carbonyl (C=O) groups excluding carboxylic acids is 2. The maximum Gasteiger partial charge on any atom is 0.270 e. The van der Waals surface area contributed by atoms with Gasteiger partial charge < -0.3 is 15.6 Å². The molecular formula is C22H23FN4O4S. The number of pyridine rings is 1. The molecule has 8 nitrogen and oxygen atoms in total. The number of sulfone groups is 1. The minimum Gasteiger partial charge on any atom is -0.364 e. The number of hydrogen-bond acceptors (Lipinski definition) is 5. The molecule has 0 aliphatic carbocycles. The van der Waals surface area contributed by atoms with Crippen molar-refractivity contribution >= 4 is 21.7 Å². The average Bonchev–Trinajstić information content (AvgIpc) is 3.06. The van der Waals surface area contributed by atoms with Crippen molar-refractivity contribution in [3.8, 4) is 0 Å². The van der Waals surface area contributed by atoms with E-state index in [1.54, 1.807) is 13.8 Å². The van der Waals surface area contributed by atoms with Gasteiger partial charge in [-0.1, -0.05) is 6.07 Å². The number of amides is 2. The first-order chi connectivity index (χ1) is 14.9. The Morgan fingerprint density at radius 2 is 1.75 bits per heavy atom. The number of rotatable bonds is 6. The summed E-state index contributed by atoms with van der Waals surface area (Å²) in [6.45, 7) is 4.85. The number of aromatic nitrogens is 2.